The number of fused-ring (bicyclic) bond motifs is 1. The van der Waals surface area contributed by atoms with Crippen LogP contribution >= 0.6 is 0 Å². The van der Waals surface area contributed by atoms with Gasteiger partial charge in [-0.2, -0.15) is 0 Å². The summed E-state index contributed by atoms with van der Waals surface area (Å²) in [6.07, 6.45) is 2.07. The van der Waals surface area contributed by atoms with Crippen LogP contribution in [0.1, 0.15) is 28.9 Å². The van der Waals surface area contributed by atoms with Crippen LogP contribution in [0.15, 0.2) is 18.2 Å². The summed E-state index contributed by atoms with van der Waals surface area (Å²) in [5, 5.41) is 3.19. The molecule has 0 spiro atoms. The minimum Gasteiger partial charge on any atom is -0.376 e. The molecule has 1 aliphatic heterocycles. The van der Waals surface area contributed by atoms with Crippen molar-refractivity contribution in [3.05, 3.63) is 35.3 Å². The quantitative estimate of drug-likeness (QED) is 0.905. The van der Waals surface area contributed by atoms with E-state index >= 15 is 0 Å². The standard InChI is InChI=1S/C15H17FN2O2/c1-9-13(14-11(16)5-2-6-12(14)18-9)15(19)17-8-10-4-3-7-20-10/h2,5-6,10,18H,3-4,7-8H2,1H3,(H,17,19). The molecule has 1 amide bonds. The van der Waals surface area contributed by atoms with Crippen LogP contribution in [0, 0.1) is 12.7 Å². The van der Waals surface area contributed by atoms with Gasteiger partial charge < -0.3 is 15.0 Å². The molecule has 1 atom stereocenters. The van der Waals surface area contributed by atoms with Crippen LogP contribution in [0.25, 0.3) is 10.9 Å². The first-order valence-electron chi connectivity index (χ1n) is 6.83. The highest BCUT2D eigenvalue weighted by Crippen LogP contribution is 2.24. The fraction of sp³-hybridized carbons (Fsp3) is 0.400. The highest BCUT2D eigenvalue weighted by atomic mass is 19.1. The molecule has 0 saturated carbocycles. The van der Waals surface area contributed by atoms with Gasteiger partial charge in [-0.25, -0.2) is 4.39 Å². The Morgan fingerprint density at radius 3 is 3.15 bits per heavy atom. The third kappa shape index (κ3) is 2.29. The molecule has 20 heavy (non-hydrogen) atoms. The summed E-state index contributed by atoms with van der Waals surface area (Å²) < 4.78 is 19.4. The lowest BCUT2D eigenvalue weighted by molar-refractivity contribution is 0.0858. The van der Waals surface area contributed by atoms with Gasteiger partial charge in [0.25, 0.3) is 5.91 Å². The van der Waals surface area contributed by atoms with Gasteiger partial charge in [0.15, 0.2) is 0 Å². The Kier molecular flexibility index (Phi) is 3.44. The first kappa shape index (κ1) is 13.1. The van der Waals surface area contributed by atoms with E-state index in [1.165, 1.54) is 6.07 Å². The lowest BCUT2D eigenvalue weighted by atomic mass is 10.1. The molecule has 1 aliphatic rings. The molecule has 0 bridgehead atoms. The predicted octanol–water partition coefficient (Wildman–Crippen LogP) is 2.52. The zero-order valence-electron chi connectivity index (χ0n) is 11.3. The number of aryl methyl sites for hydroxylation is 1. The monoisotopic (exact) mass is 276 g/mol. The van der Waals surface area contributed by atoms with Gasteiger partial charge in [-0.3, -0.25) is 4.79 Å². The zero-order valence-corrected chi connectivity index (χ0v) is 11.3. The molecule has 2 aromatic rings. The predicted molar refractivity (Wildman–Crippen MR) is 74.3 cm³/mol. The lowest BCUT2D eigenvalue weighted by Crippen LogP contribution is -2.32. The van der Waals surface area contributed by atoms with Crippen molar-refractivity contribution in [2.75, 3.05) is 13.2 Å². The molecule has 1 aromatic carbocycles. The number of aromatic nitrogens is 1. The zero-order chi connectivity index (χ0) is 14.1. The van der Waals surface area contributed by atoms with Crippen molar-refractivity contribution in [1.29, 1.82) is 0 Å². The molecule has 2 heterocycles. The van der Waals surface area contributed by atoms with Gasteiger partial charge in [-0.1, -0.05) is 6.07 Å². The van der Waals surface area contributed by atoms with E-state index in [1.807, 2.05) is 0 Å². The van der Waals surface area contributed by atoms with Crippen molar-refractivity contribution in [3.63, 3.8) is 0 Å². The Bertz CT molecular complexity index is 645. The molecule has 0 radical (unpaired) electrons. The number of hydrogen-bond acceptors (Lipinski definition) is 2. The SMILES string of the molecule is Cc1[nH]c2cccc(F)c2c1C(=O)NCC1CCCO1. The van der Waals surface area contributed by atoms with E-state index in [4.69, 9.17) is 4.74 Å². The van der Waals surface area contributed by atoms with E-state index < -0.39 is 0 Å². The molecule has 106 valence electrons. The van der Waals surface area contributed by atoms with Crippen molar-refractivity contribution in [2.24, 2.45) is 0 Å². The second-order valence-corrected chi connectivity index (χ2v) is 5.13. The van der Waals surface area contributed by atoms with Crippen LogP contribution in [0.4, 0.5) is 4.39 Å². The Hall–Kier alpha value is -1.88. The summed E-state index contributed by atoms with van der Waals surface area (Å²) in [5.41, 5.74) is 1.70. The third-order valence-corrected chi connectivity index (χ3v) is 3.70. The first-order chi connectivity index (χ1) is 9.66. The molecular weight excluding hydrogens is 259 g/mol. The average molecular weight is 276 g/mol. The average Bonchev–Trinajstić information content (AvgIpc) is 3.03. The largest absolute Gasteiger partial charge is 0.376 e. The second-order valence-electron chi connectivity index (χ2n) is 5.13. The van der Waals surface area contributed by atoms with E-state index in [-0.39, 0.29) is 17.8 Å². The van der Waals surface area contributed by atoms with Gasteiger partial charge >= 0.3 is 0 Å². The fourth-order valence-electron chi connectivity index (χ4n) is 2.72. The van der Waals surface area contributed by atoms with Crippen LogP contribution in [0.5, 0.6) is 0 Å². The van der Waals surface area contributed by atoms with E-state index in [2.05, 4.69) is 10.3 Å². The number of H-pyrrole nitrogens is 1. The molecular formula is C15H17FN2O2. The molecule has 4 nitrogen and oxygen atoms in total. The highest BCUT2D eigenvalue weighted by Gasteiger charge is 2.21. The van der Waals surface area contributed by atoms with Crippen molar-refractivity contribution >= 4 is 16.8 Å². The molecule has 2 N–H and O–H groups in total. The van der Waals surface area contributed by atoms with Gasteiger partial charge in [-0.15, -0.1) is 0 Å². The Labute approximate surface area is 116 Å². The maximum Gasteiger partial charge on any atom is 0.253 e. The summed E-state index contributed by atoms with van der Waals surface area (Å²) in [6.45, 7) is 3.00. The summed E-state index contributed by atoms with van der Waals surface area (Å²) in [4.78, 5) is 15.3. The molecule has 1 unspecified atom stereocenters. The minimum absolute atomic E-state index is 0.0781. The summed E-state index contributed by atoms with van der Waals surface area (Å²) in [6, 6.07) is 4.76. The van der Waals surface area contributed by atoms with E-state index in [9.17, 15) is 9.18 Å². The number of halogens is 1. The van der Waals surface area contributed by atoms with Gasteiger partial charge in [0, 0.05) is 29.7 Å². The minimum atomic E-state index is -0.380. The number of hydrogen-bond donors (Lipinski definition) is 2. The van der Waals surface area contributed by atoms with Gasteiger partial charge in [-0.05, 0) is 31.9 Å². The van der Waals surface area contributed by atoms with Crippen molar-refractivity contribution in [1.82, 2.24) is 10.3 Å². The number of nitrogens with one attached hydrogen (secondary N) is 2. The van der Waals surface area contributed by atoms with E-state index in [0.29, 0.717) is 28.7 Å². The normalized spacial score (nSPS) is 18.6. The number of carbonyl (C=O) groups excluding carboxylic acids is 1. The molecule has 3 rings (SSSR count). The Balaban J connectivity index is 1.85. The Morgan fingerprint density at radius 1 is 1.55 bits per heavy atom. The van der Waals surface area contributed by atoms with E-state index in [1.54, 1.807) is 19.1 Å². The molecule has 1 saturated heterocycles. The van der Waals surface area contributed by atoms with Gasteiger partial charge in [0.1, 0.15) is 5.82 Å². The number of carbonyl (C=O) groups is 1. The third-order valence-electron chi connectivity index (χ3n) is 3.70. The summed E-state index contributed by atoms with van der Waals surface area (Å²) in [5.74, 6) is -0.636. The number of aromatic amines is 1. The van der Waals surface area contributed by atoms with Crippen LogP contribution in [0.2, 0.25) is 0 Å². The number of rotatable bonds is 3. The number of ether oxygens (including phenoxy) is 1. The highest BCUT2D eigenvalue weighted by molar-refractivity contribution is 6.08. The van der Waals surface area contributed by atoms with Gasteiger partial charge in [0.05, 0.1) is 11.7 Å². The molecule has 1 fully saturated rings. The fourth-order valence-corrected chi connectivity index (χ4v) is 2.72. The van der Waals surface area contributed by atoms with E-state index in [0.717, 1.165) is 19.4 Å². The summed E-state index contributed by atoms with van der Waals surface area (Å²) >= 11 is 0. The molecule has 0 aliphatic carbocycles. The number of benzene rings is 1. The van der Waals surface area contributed by atoms with Crippen molar-refractivity contribution in [3.8, 4) is 0 Å². The summed E-state index contributed by atoms with van der Waals surface area (Å²) in [7, 11) is 0. The van der Waals surface area contributed by atoms with Gasteiger partial charge in [0.2, 0.25) is 0 Å². The van der Waals surface area contributed by atoms with Crippen molar-refractivity contribution < 1.29 is 13.9 Å². The van der Waals surface area contributed by atoms with Crippen LogP contribution in [-0.2, 0) is 4.74 Å². The van der Waals surface area contributed by atoms with Crippen LogP contribution < -0.4 is 5.32 Å². The second kappa shape index (κ2) is 5.25. The smallest absolute Gasteiger partial charge is 0.253 e. The lowest BCUT2D eigenvalue weighted by Gasteiger charge is -2.11. The Morgan fingerprint density at radius 2 is 2.40 bits per heavy atom. The topological polar surface area (TPSA) is 54.1 Å². The van der Waals surface area contributed by atoms with Crippen LogP contribution in [-0.4, -0.2) is 30.1 Å². The molecule has 1 aromatic heterocycles. The maximum absolute atomic E-state index is 13.9. The maximum atomic E-state index is 13.9. The van der Waals surface area contributed by atoms with Crippen molar-refractivity contribution in [2.45, 2.75) is 25.9 Å². The molecule has 5 heteroatoms. The first-order valence-corrected chi connectivity index (χ1v) is 6.83. The van der Waals surface area contributed by atoms with Crippen LogP contribution in [0.3, 0.4) is 0 Å². The number of amides is 1.